The van der Waals surface area contributed by atoms with E-state index >= 15 is 0 Å². The molecule has 0 aliphatic carbocycles. The summed E-state index contributed by atoms with van der Waals surface area (Å²) in [7, 11) is 1.79. The molecular formula is C21H17ClN6O2. The Hall–Kier alpha value is -3.49. The van der Waals surface area contributed by atoms with Crippen molar-refractivity contribution in [2.75, 3.05) is 4.90 Å². The third-order valence-corrected chi connectivity index (χ3v) is 5.64. The highest BCUT2D eigenvalue weighted by molar-refractivity contribution is 6.31. The fourth-order valence-electron chi connectivity index (χ4n) is 3.96. The number of H-pyrrole nitrogens is 1. The summed E-state index contributed by atoms with van der Waals surface area (Å²) in [6.07, 6.45) is 1.71. The normalized spacial score (nSPS) is 13.3. The minimum absolute atomic E-state index is 0.104. The number of halogens is 1. The predicted molar refractivity (Wildman–Crippen MR) is 114 cm³/mol. The SMILES string of the molecule is Cn1ncc(-c2ccc3c(=O)[nH]nc(CN)c3c2)c1N1Cc2cc(Cl)ccc2C1=O. The molecule has 0 bridgehead atoms. The second-order valence-electron chi connectivity index (χ2n) is 7.16. The van der Waals surface area contributed by atoms with Crippen molar-refractivity contribution >= 4 is 34.1 Å². The Labute approximate surface area is 175 Å². The number of carbonyl (C=O) groups excluding carboxylic acids is 1. The Bertz CT molecular complexity index is 1390. The van der Waals surface area contributed by atoms with Crippen molar-refractivity contribution in [2.24, 2.45) is 12.8 Å². The minimum atomic E-state index is -0.276. The van der Waals surface area contributed by atoms with Crippen LogP contribution in [0.5, 0.6) is 0 Å². The molecule has 2 aromatic heterocycles. The van der Waals surface area contributed by atoms with Crippen LogP contribution in [0.25, 0.3) is 21.9 Å². The predicted octanol–water partition coefficient (Wildman–Crippen LogP) is 2.60. The molecule has 2 aromatic carbocycles. The van der Waals surface area contributed by atoms with Crippen molar-refractivity contribution < 1.29 is 4.79 Å². The number of hydrogen-bond donors (Lipinski definition) is 2. The first kappa shape index (κ1) is 18.5. The number of rotatable bonds is 3. The molecule has 1 aliphatic rings. The van der Waals surface area contributed by atoms with Crippen LogP contribution in [0.15, 0.2) is 47.4 Å². The number of aromatic nitrogens is 4. The maximum atomic E-state index is 13.1. The number of aryl methyl sites for hydroxylation is 1. The van der Waals surface area contributed by atoms with E-state index in [-0.39, 0.29) is 18.0 Å². The van der Waals surface area contributed by atoms with E-state index in [0.717, 1.165) is 16.7 Å². The number of carbonyl (C=O) groups is 1. The number of hydrogen-bond acceptors (Lipinski definition) is 5. The minimum Gasteiger partial charge on any atom is -0.325 e. The molecule has 0 unspecified atom stereocenters. The first-order valence-electron chi connectivity index (χ1n) is 9.32. The smallest absolute Gasteiger partial charge is 0.272 e. The van der Waals surface area contributed by atoms with Gasteiger partial charge in [0.05, 0.1) is 23.8 Å². The van der Waals surface area contributed by atoms with Crippen molar-refractivity contribution in [2.45, 2.75) is 13.1 Å². The van der Waals surface area contributed by atoms with Gasteiger partial charge in [0.1, 0.15) is 5.82 Å². The van der Waals surface area contributed by atoms with Crippen LogP contribution < -0.4 is 16.2 Å². The van der Waals surface area contributed by atoms with Gasteiger partial charge in [0.15, 0.2) is 0 Å². The Kier molecular flexibility index (Phi) is 4.19. The van der Waals surface area contributed by atoms with Gasteiger partial charge in [-0.2, -0.15) is 10.2 Å². The maximum absolute atomic E-state index is 13.1. The van der Waals surface area contributed by atoms with E-state index in [1.165, 1.54) is 0 Å². The third-order valence-electron chi connectivity index (χ3n) is 5.41. The number of anilines is 1. The molecule has 30 heavy (non-hydrogen) atoms. The number of benzene rings is 2. The summed E-state index contributed by atoms with van der Waals surface area (Å²) in [5.41, 5.74) is 9.21. The second-order valence-corrected chi connectivity index (χ2v) is 7.60. The fourth-order valence-corrected chi connectivity index (χ4v) is 4.15. The van der Waals surface area contributed by atoms with Crippen molar-refractivity contribution in [1.82, 2.24) is 20.0 Å². The molecule has 0 fully saturated rings. The number of nitrogens with zero attached hydrogens (tertiary/aromatic N) is 4. The first-order valence-corrected chi connectivity index (χ1v) is 9.69. The van der Waals surface area contributed by atoms with Gasteiger partial charge >= 0.3 is 0 Å². The monoisotopic (exact) mass is 420 g/mol. The van der Waals surface area contributed by atoms with Gasteiger partial charge in [-0.05, 0) is 41.5 Å². The molecule has 0 atom stereocenters. The molecule has 0 spiro atoms. The molecule has 8 nitrogen and oxygen atoms in total. The number of fused-ring (bicyclic) bond motifs is 2. The highest BCUT2D eigenvalue weighted by Crippen LogP contribution is 2.37. The van der Waals surface area contributed by atoms with Crippen LogP contribution in [-0.4, -0.2) is 25.9 Å². The van der Waals surface area contributed by atoms with Gasteiger partial charge in [-0.15, -0.1) is 0 Å². The number of amides is 1. The van der Waals surface area contributed by atoms with Crippen molar-refractivity contribution in [1.29, 1.82) is 0 Å². The summed E-state index contributed by atoms with van der Waals surface area (Å²) >= 11 is 6.11. The molecule has 0 saturated heterocycles. The molecule has 150 valence electrons. The zero-order valence-electron chi connectivity index (χ0n) is 16.0. The molecule has 9 heteroatoms. The van der Waals surface area contributed by atoms with Crippen LogP contribution in [0, 0.1) is 0 Å². The average molecular weight is 421 g/mol. The summed E-state index contributed by atoms with van der Waals surface area (Å²) in [6.45, 7) is 0.599. The van der Waals surface area contributed by atoms with E-state index in [4.69, 9.17) is 17.3 Å². The van der Waals surface area contributed by atoms with E-state index < -0.39 is 0 Å². The maximum Gasteiger partial charge on any atom is 0.272 e. The average Bonchev–Trinajstić information content (AvgIpc) is 3.27. The van der Waals surface area contributed by atoms with Gasteiger partial charge in [-0.25, -0.2) is 5.10 Å². The van der Waals surface area contributed by atoms with Crippen LogP contribution in [0.4, 0.5) is 5.82 Å². The van der Waals surface area contributed by atoms with E-state index in [9.17, 15) is 9.59 Å². The summed E-state index contributed by atoms with van der Waals surface area (Å²) in [5, 5.41) is 12.7. The van der Waals surface area contributed by atoms with Crippen molar-refractivity contribution in [3.8, 4) is 11.1 Å². The standard InChI is InChI=1S/C21H17ClN6O2/c1-27-20(28-10-12-6-13(22)3-5-14(12)21(28)30)17(9-24-27)11-2-4-15-16(7-11)18(8-23)25-26-19(15)29/h2-7,9H,8,10,23H2,1H3,(H,26,29). The topological polar surface area (TPSA) is 110 Å². The molecule has 0 radical (unpaired) electrons. The zero-order valence-corrected chi connectivity index (χ0v) is 16.8. The van der Waals surface area contributed by atoms with Gasteiger partial charge in [0.25, 0.3) is 11.5 Å². The molecule has 3 N–H and O–H groups in total. The lowest BCUT2D eigenvalue weighted by Gasteiger charge is -2.18. The fraction of sp³-hybridized carbons (Fsp3) is 0.143. The zero-order chi connectivity index (χ0) is 21.0. The summed E-state index contributed by atoms with van der Waals surface area (Å²) in [4.78, 5) is 26.9. The van der Waals surface area contributed by atoms with Crippen LogP contribution in [0.2, 0.25) is 5.02 Å². The van der Waals surface area contributed by atoms with Gasteiger partial charge in [0.2, 0.25) is 0 Å². The number of nitrogens with two attached hydrogens (primary N) is 1. The molecule has 1 aliphatic heterocycles. The molecule has 1 amide bonds. The van der Waals surface area contributed by atoms with Crippen molar-refractivity contribution in [3.63, 3.8) is 0 Å². The number of aromatic amines is 1. The lowest BCUT2D eigenvalue weighted by molar-refractivity contribution is 0.0995. The Morgan fingerprint density at radius 3 is 2.77 bits per heavy atom. The molecule has 4 aromatic rings. The van der Waals surface area contributed by atoms with E-state index in [1.807, 2.05) is 18.2 Å². The Morgan fingerprint density at radius 2 is 1.97 bits per heavy atom. The molecular weight excluding hydrogens is 404 g/mol. The van der Waals surface area contributed by atoms with Gasteiger partial charge in [0, 0.05) is 35.1 Å². The Balaban J connectivity index is 1.65. The number of nitrogens with one attached hydrogen (secondary N) is 1. The van der Waals surface area contributed by atoms with Crippen molar-refractivity contribution in [3.05, 3.63) is 74.8 Å². The van der Waals surface area contributed by atoms with Crippen LogP contribution in [0.3, 0.4) is 0 Å². The van der Waals surface area contributed by atoms with E-state index in [1.54, 1.807) is 41.0 Å². The molecule has 5 rings (SSSR count). The summed E-state index contributed by atoms with van der Waals surface area (Å²) < 4.78 is 1.67. The highest BCUT2D eigenvalue weighted by atomic mass is 35.5. The van der Waals surface area contributed by atoms with Crippen LogP contribution in [0.1, 0.15) is 21.6 Å². The second kappa shape index (κ2) is 6.79. The third kappa shape index (κ3) is 2.72. The summed E-state index contributed by atoms with van der Waals surface area (Å²) in [6, 6.07) is 10.7. The van der Waals surface area contributed by atoms with E-state index in [2.05, 4.69) is 15.3 Å². The lowest BCUT2D eigenvalue weighted by atomic mass is 10.0. The molecule has 3 heterocycles. The Morgan fingerprint density at radius 1 is 1.13 bits per heavy atom. The lowest BCUT2D eigenvalue weighted by Crippen LogP contribution is -2.26. The highest BCUT2D eigenvalue weighted by Gasteiger charge is 2.32. The van der Waals surface area contributed by atoms with E-state index in [0.29, 0.717) is 39.4 Å². The van der Waals surface area contributed by atoms with Gasteiger partial charge < -0.3 is 5.73 Å². The van der Waals surface area contributed by atoms with Crippen LogP contribution in [-0.2, 0) is 20.1 Å². The largest absolute Gasteiger partial charge is 0.325 e. The summed E-state index contributed by atoms with van der Waals surface area (Å²) in [5.74, 6) is 0.562. The van der Waals surface area contributed by atoms with Crippen LogP contribution >= 0.6 is 11.6 Å². The van der Waals surface area contributed by atoms with Gasteiger partial charge in [-0.1, -0.05) is 17.7 Å². The molecule has 0 saturated carbocycles. The quantitative estimate of drug-likeness (QED) is 0.529. The first-order chi connectivity index (χ1) is 14.5. The van der Waals surface area contributed by atoms with Gasteiger partial charge in [-0.3, -0.25) is 19.2 Å².